The molecule has 0 aromatic heterocycles. The van der Waals surface area contributed by atoms with E-state index in [4.69, 9.17) is 9.47 Å². The molecular formula is C18H27FN2O6S. The second-order valence-corrected chi connectivity index (χ2v) is 8.04. The number of carbonyl (C=O) groups excluding carboxylic acids is 2. The third-order valence-corrected chi connectivity index (χ3v) is 5.80. The molecule has 0 radical (unpaired) electrons. The van der Waals surface area contributed by atoms with Crippen molar-refractivity contribution < 1.29 is 31.9 Å². The monoisotopic (exact) mass is 418 g/mol. The summed E-state index contributed by atoms with van der Waals surface area (Å²) in [7, 11) is -0.885. The van der Waals surface area contributed by atoms with E-state index < -0.39 is 21.8 Å². The Morgan fingerprint density at radius 1 is 1.14 bits per heavy atom. The van der Waals surface area contributed by atoms with Gasteiger partial charge in [0.2, 0.25) is 15.9 Å². The number of rotatable bonds is 12. The van der Waals surface area contributed by atoms with Crippen LogP contribution in [0.1, 0.15) is 19.8 Å². The highest BCUT2D eigenvalue weighted by Crippen LogP contribution is 2.15. The zero-order chi connectivity index (χ0) is 21.2. The van der Waals surface area contributed by atoms with Crippen LogP contribution < -0.4 is 0 Å². The maximum Gasteiger partial charge on any atom is 0.325 e. The van der Waals surface area contributed by atoms with Crippen LogP contribution in [0.5, 0.6) is 0 Å². The Kier molecular flexibility index (Phi) is 10.0. The minimum atomic E-state index is -3.77. The van der Waals surface area contributed by atoms with Crippen molar-refractivity contribution in [3.63, 3.8) is 0 Å². The van der Waals surface area contributed by atoms with Crippen molar-refractivity contribution >= 4 is 21.9 Å². The lowest BCUT2D eigenvalue weighted by Crippen LogP contribution is -2.39. The first-order valence-electron chi connectivity index (χ1n) is 8.86. The number of benzene rings is 1. The molecular weight excluding hydrogens is 391 g/mol. The zero-order valence-corrected chi connectivity index (χ0v) is 17.2. The SMILES string of the molecule is CCOC(=O)CN(CCOC)C(=O)CCCN(C)S(=O)(=O)c1ccc(F)cc1. The number of methoxy groups -OCH3 is 1. The van der Waals surface area contributed by atoms with Crippen molar-refractivity contribution in [1.29, 1.82) is 0 Å². The van der Waals surface area contributed by atoms with Crippen LogP contribution in [0.2, 0.25) is 0 Å². The molecule has 0 aliphatic rings. The van der Waals surface area contributed by atoms with Gasteiger partial charge >= 0.3 is 5.97 Å². The zero-order valence-electron chi connectivity index (χ0n) is 16.4. The van der Waals surface area contributed by atoms with E-state index in [-0.39, 0.29) is 56.5 Å². The summed E-state index contributed by atoms with van der Waals surface area (Å²) >= 11 is 0. The standard InChI is InChI=1S/C18H27FN2O6S/c1-4-27-18(23)14-21(12-13-26-3)17(22)6-5-11-20(2)28(24,25)16-9-7-15(19)8-10-16/h7-10H,4-6,11-14H2,1-3H3. The van der Waals surface area contributed by atoms with Crippen molar-refractivity contribution in [3.05, 3.63) is 30.1 Å². The quantitative estimate of drug-likeness (QED) is 0.475. The third-order valence-electron chi connectivity index (χ3n) is 3.93. The van der Waals surface area contributed by atoms with Crippen molar-refractivity contribution in [3.8, 4) is 0 Å². The molecule has 0 heterocycles. The van der Waals surface area contributed by atoms with Crippen LogP contribution in [0.25, 0.3) is 0 Å². The lowest BCUT2D eigenvalue weighted by Gasteiger charge is -2.22. The minimum Gasteiger partial charge on any atom is -0.465 e. The van der Waals surface area contributed by atoms with Crippen LogP contribution >= 0.6 is 0 Å². The average Bonchev–Trinajstić information content (AvgIpc) is 2.65. The normalized spacial score (nSPS) is 11.5. The molecule has 0 atom stereocenters. The molecule has 0 aliphatic heterocycles. The highest BCUT2D eigenvalue weighted by molar-refractivity contribution is 7.89. The van der Waals surface area contributed by atoms with Gasteiger partial charge in [-0.3, -0.25) is 9.59 Å². The Morgan fingerprint density at radius 2 is 1.79 bits per heavy atom. The van der Waals surface area contributed by atoms with E-state index in [1.54, 1.807) is 6.92 Å². The Bertz CT molecular complexity index is 739. The maximum absolute atomic E-state index is 13.0. The van der Waals surface area contributed by atoms with Gasteiger partial charge in [0.05, 0.1) is 18.1 Å². The fraction of sp³-hybridized carbons (Fsp3) is 0.556. The summed E-state index contributed by atoms with van der Waals surface area (Å²) in [5, 5.41) is 0. The fourth-order valence-corrected chi connectivity index (χ4v) is 3.58. The van der Waals surface area contributed by atoms with Gasteiger partial charge in [-0.15, -0.1) is 0 Å². The molecule has 0 saturated carbocycles. The van der Waals surface area contributed by atoms with Gasteiger partial charge in [0.25, 0.3) is 0 Å². The Morgan fingerprint density at radius 3 is 2.36 bits per heavy atom. The first-order valence-corrected chi connectivity index (χ1v) is 10.3. The summed E-state index contributed by atoms with van der Waals surface area (Å²) in [5.41, 5.74) is 0. The van der Waals surface area contributed by atoms with E-state index in [1.807, 2.05) is 0 Å². The van der Waals surface area contributed by atoms with E-state index >= 15 is 0 Å². The molecule has 1 rings (SSSR count). The van der Waals surface area contributed by atoms with E-state index in [2.05, 4.69) is 0 Å². The number of amides is 1. The van der Waals surface area contributed by atoms with Gasteiger partial charge in [-0.1, -0.05) is 0 Å². The van der Waals surface area contributed by atoms with Crippen LogP contribution in [0, 0.1) is 5.82 Å². The summed E-state index contributed by atoms with van der Waals surface area (Å²) in [4.78, 5) is 25.3. The topological polar surface area (TPSA) is 93.2 Å². The molecule has 8 nitrogen and oxygen atoms in total. The smallest absolute Gasteiger partial charge is 0.325 e. The van der Waals surface area contributed by atoms with E-state index in [9.17, 15) is 22.4 Å². The number of halogens is 1. The van der Waals surface area contributed by atoms with Crippen molar-refractivity contribution in [2.75, 3.05) is 47.0 Å². The van der Waals surface area contributed by atoms with Gasteiger partial charge in [0.1, 0.15) is 12.4 Å². The predicted molar refractivity (Wildman–Crippen MR) is 101 cm³/mol. The second-order valence-electron chi connectivity index (χ2n) is 6.00. The van der Waals surface area contributed by atoms with Crippen molar-refractivity contribution in [1.82, 2.24) is 9.21 Å². The Balaban J connectivity index is 2.61. The number of nitrogens with zero attached hydrogens (tertiary/aromatic N) is 2. The molecule has 10 heteroatoms. The molecule has 1 amide bonds. The molecule has 28 heavy (non-hydrogen) atoms. The summed E-state index contributed by atoms with van der Waals surface area (Å²) < 4.78 is 48.8. The summed E-state index contributed by atoms with van der Waals surface area (Å²) in [5.74, 6) is -1.33. The van der Waals surface area contributed by atoms with Gasteiger partial charge in [-0.25, -0.2) is 17.1 Å². The van der Waals surface area contributed by atoms with Gasteiger partial charge in [-0.05, 0) is 37.6 Å². The Hall–Kier alpha value is -2.04. The number of sulfonamides is 1. The molecule has 1 aromatic carbocycles. The highest BCUT2D eigenvalue weighted by atomic mass is 32.2. The lowest BCUT2D eigenvalue weighted by atomic mass is 10.2. The fourth-order valence-electron chi connectivity index (χ4n) is 2.37. The van der Waals surface area contributed by atoms with Gasteiger partial charge < -0.3 is 14.4 Å². The number of ether oxygens (including phenoxy) is 2. The van der Waals surface area contributed by atoms with E-state index in [1.165, 1.54) is 31.2 Å². The molecule has 0 saturated heterocycles. The molecule has 158 valence electrons. The molecule has 0 unspecified atom stereocenters. The first kappa shape index (κ1) is 24.0. The van der Waals surface area contributed by atoms with Gasteiger partial charge in [0, 0.05) is 33.7 Å². The Labute approximate surface area is 165 Å². The molecule has 0 bridgehead atoms. The number of hydrogen-bond donors (Lipinski definition) is 0. The summed E-state index contributed by atoms with van der Waals surface area (Å²) in [6, 6.07) is 4.54. The summed E-state index contributed by atoms with van der Waals surface area (Å²) in [6.07, 6.45) is 0.328. The van der Waals surface area contributed by atoms with Gasteiger partial charge in [-0.2, -0.15) is 0 Å². The van der Waals surface area contributed by atoms with Crippen LogP contribution in [0.3, 0.4) is 0 Å². The summed E-state index contributed by atoms with van der Waals surface area (Å²) in [6.45, 7) is 2.32. The maximum atomic E-state index is 13.0. The van der Waals surface area contributed by atoms with Gasteiger partial charge in [0.15, 0.2) is 0 Å². The van der Waals surface area contributed by atoms with E-state index in [0.717, 1.165) is 16.4 Å². The molecule has 0 spiro atoms. The lowest BCUT2D eigenvalue weighted by molar-refractivity contribution is -0.149. The highest BCUT2D eigenvalue weighted by Gasteiger charge is 2.22. The predicted octanol–water partition coefficient (Wildman–Crippen LogP) is 1.26. The van der Waals surface area contributed by atoms with Crippen LogP contribution in [-0.2, 0) is 29.1 Å². The molecule has 1 aromatic rings. The molecule has 0 fully saturated rings. The number of hydrogen-bond acceptors (Lipinski definition) is 6. The number of esters is 1. The van der Waals surface area contributed by atoms with E-state index in [0.29, 0.717) is 0 Å². The largest absolute Gasteiger partial charge is 0.465 e. The van der Waals surface area contributed by atoms with Crippen LogP contribution in [0.4, 0.5) is 4.39 Å². The van der Waals surface area contributed by atoms with Crippen molar-refractivity contribution in [2.24, 2.45) is 0 Å². The van der Waals surface area contributed by atoms with Crippen LogP contribution in [0.15, 0.2) is 29.2 Å². The van der Waals surface area contributed by atoms with Crippen molar-refractivity contribution in [2.45, 2.75) is 24.7 Å². The molecule has 0 N–H and O–H groups in total. The minimum absolute atomic E-state index is 0.0215. The first-order chi connectivity index (χ1) is 13.2. The number of carbonyl (C=O) groups is 2. The molecule has 0 aliphatic carbocycles. The second kappa shape index (κ2) is 11.7. The average molecular weight is 418 g/mol. The van der Waals surface area contributed by atoms with Crippen LogP contribution in [-0.4, -0.2) is 76.5 Å². The third kappa shape index (κ3) is 7.53.